The van der Waals surface area contributed by atoms with Crippen LogP contribution < -0.4 is 5.32 Å². The summed E-state index contributed by atoms with van der Waals surface area (Å²) in [7, 11) is 1.02. The Morgan fingerprint density at radius 2 is 1.92 bits per heavy atom. The van der Waals surface area contributed by atoms with Gasteiger partial charge in [-0.15, -0.1) is 0 Å². The molecule has 4 atom stereocenters. The first-order valence-corrected chi connectivity index (χ1v) is 12.8. The van der Waals surface area contributed by atoms with Gasteiger partial charge in [0, 0.05) is 37.3 Å². The molecule has 0 aliphatic carbocycles. The van der Waals surface area contributed by atoms with E-state index in [1.165, 1.54) is 18.6 Å². The number of rotatable bonds is 10. The molecule has 9 nitrogen and oxygen atoms in total. The number of amides is 1. The summed E-state index contributed by atoms with van der Waals surface area (Å²) in [5.74, 6) is -1.12. The Bertz CT molecular complexity index is 1040. The second-order valence-electron chi connectivity index (χ2n) is 10.2. The van der Waals surface area contributed by atoms with Crippen LogP contribution in [0.1, 0.15) is 56.6 Å². The third kappa shape index (κ3) is 8.20. The Labute approximate surface area is 219 Å². The Morgan fingerprint density at radius 3 is 2.57 bits per heavy atom. The van der Waals surface area contributed by atoms with Crippen molar-refractivity contribution in [3.63, 3.8) is 0 Å². The fraction of sp³-hybridized carbons (Fsp3) is 0.519. The number of benzene rings is 1. The molecule has 37 heavy (non-hydrogen) atoms. The van der Waals surface area contributed by atoms with Crippen LogP contribution >= 0.6 is 0 Å². The molecule has 1 aromatic heterocycles. The summed E-state index contributed by atoms with van der Waals surface area (Å²) in [4.78, 5) is 49.3. The maximum Gasteiger partial charge on any atom is 0.531 e. The quantitative estimate of drug-likeness (QED) is 0.488. The average molecular weight is 508 g/mol. The van der Waals surface area contributed by atoms with Gasteiger partial charge in [-0.05, 0) is 45.2 Å². The second kappa shape index (κ2) is 13.4. The fourth-order valence-corrected chi connectivity index (χ4v) is 4.42. The van der Waals surface area contributed by atoms with Crippen molar-refractivity contribution in [3.8, 4) is 0 Å². The second-order valence-corrected chi connectivity index (χ2v) is 10.2. The molecule has 0 saturated carbocycles. The van der Waals surface area contributed by atoms with Gasteiger partial charge in [-0.3, -0.25) is 24.3 Å². The summed E-state index contributed by atoms with van der Waals surface area (Å²) in [6, 6.07) is 8.32. The molecular weight excluding hydrogens is 471 g/mol. The highest BCUT2D eigenvalue weighted by Crippen LogP contribution is 2.29. The molecule has 2 aromatic rings. The minimum absolute atomic E-state index is 0.0119. The summed E-state index contributed by atoms with van der Waals surface area (Å²) in [6.45, 7) is 8.28. The zero-order valence-electron chi connectivity index (χ0n) is 22.3. The van der Waals surface area contributed by atoms with E-state index in [0.29, 0.717) is 19.4 Å². The molecule has 1 aliphatic rings. The average Bonchev–Trinajstić information content (AvgIpc) is 2.89. The Morgan fingerprint density at radius 1 is 1.19 bits per heavy atom. The van der Waals surface area contributed by atoms with Crippen molar-refractivity contribution < 1.29 is 23.7 Å². The van der Waals surface area contributed by atoms with Crippen molar-refractivity contribution in [1.29, 1.82) is 0 Å². The first-order chi connectivity index (χ1) is 17.7. The van der Waals surface area contributed by atoms with Gasteiger partial charge >= 0.3 is 13.1 Å². The van der Waals surface area contributed by atoms with E-state index < -0.39 is 25.1 Å². The van der Waals surface area contributed by atoms with Gasteiger partial charge in [-0.25, -0.2) is 4.98 Å². The highest BCUT2D eigenvalue weighted by Gasteiger charge is 2.41. The van der Waals surface area contributed by atoms with Crippen LogP contribution in [0.5, 0.6) is 0 Å². The molecule has 10 heteroatoms. The molecular formula is C27H37BN4O5. The van der Waals surface area contributed by atoms with E-state index in [1.54, 1.807) is 0 Å². The summed E-state index contributed by atoms with van der Waals surface area (Å²) >= 11 is 0. The van der Waals surface area contributed by atoms with Crippen LogP contribution in [-0.4, -0.2) is 71.4 Å². The van der Waals surface area contributed by atoms with Crippen molar-refractivity contribution in [3.05, 3.63) is 60.2 Å². The lowest BCUT2D eigenvalue weighted by Gasteiger charge is -2.35. The lowest BCUT2D eigenvalue weighted by atomic mass is 9.64. The van der Waals surface area contributed by atoms with E-state index in [1.807, 2.05) is 56.1 Å². The van der Waals surface area contributed by atoms with Gasteiger partial charge in [0.2, 0.25) is 0 Å². The smallest absolute Gasteiger partial charge is 0.508 e. The van der Waals surface area contributed by atoms with Crippen LogP contribution in [0, 0.1) is 5.92 Å². The normalized spacial score (nSPS) is 20.5. The van der Waals surface area contributed by atoms with Crippen LogP contribution in [0.3, 0.4) is 0 Å². The molecule has 1 aliphatic heterocycles. The zero-order valence-corrected chi connectivity index (χ0v) is 22.3. The Hall–Kier alpha value is -3.11. The third-order valence-corrected chi connectivity index (χ3v) is 6.78. The number of aromatic nitrogens is 2. The molecule has 0 spiro atoms. The SMILES string of the molecule is CC(C)C[C@H](CC(=O)[C@H](Cc1ccccc1)NC(=O)c1cnccn1)B1OC[C@H](C)N(C)[C@@H](C)C(=O)O1. The largest absolute Gasteiger partial charge is 0.531 e. The van der Waals surface area contributed by atoms with E-state index in [4.69, 9.17) is 9.31 Å². The summed E-state index contributed by atoms with van der Waals surface area (Å²) in [6.07, 6.45) is 5.31. The van der Waals surface area contributed by atoms with Gasteiger partial charge in [-0.1, -0.05) is 44.2 Å². The van der Waals surface area contributed by atoms with Crippen molar-refractivity contribution in [1.82, 2.24) is 20.2 Å². The van der Waals surface area contributed by atoms with Gasteiger partial charge < -0.3 is 14.6 Å². The van der Waals surface area contributed by atoms with Gasteiger partial charge in [0.15, 0.2) is 5.78 Å². The molecule has 0 bridgehead atoms. The van der Waals surface area contributed by atoms with E-state index in [2.05, 4.69) is 29.1 Å². The number of carbonyl (C=O) groups excluding carboxylic acids is 3. The number of hydrogen-bond acceptors (Lipinski definition) is 8. The van der Waals surface area contributed by atoms with Crippen molar-refractivity contribution >= 4 is 24.8 Å². The summed E-state index contributed by atoms with van der Waals surface area (Å²) in [5.41, 5.74) is 1.05. The minimum Gasteiger partial charge on any atom is -0.508 e. The molecule has 0 unspecified atom stereocenters. The Balaban J connectivity index is 1.82. The maximum atomic E-state index is 13.7. The van der Waals surface area contributed by atoms with Crippen LogP contribution in [0.4, 0.5) is 0 Å². The van der Waals surface area contributed by atoms with Crippen LogP contribution in [-0.2, 0) is 25.3 Å². The standard InChI is InChI=1S/C27H37BN4O5/c1-18(2)13-22(28-36-17-19(3)32(5)20(4)27(35)37-28)15-25(33)23(14-21-9-7-6-8-10-21)31-26(34)24-16-29-11-12-30-24/h6-12,16,18-20,22-23H,13-15,17H2,1-5H3,(H,31,34)/t19-,20-,22+,23-/m0/s1. The third-order valence-electron chi connectivity index (χ3n) is 6.78. The van der Waals surface area contributed by atoms with Crippen molar-refractivity contribution in [2.75, 3.05) is 13.7 Å². The van der Waals surface area contributed by atoms with E-state index >= 15 is 0 Å². The molecule has 1 saturated heterocycles. The number of Topliss-reactive ketones (excluding diaryl/α,β-unsaturated/α-hetero) is 1. The molecule has 0 radical (unpaired) electrons. The van der Waals surface area contributed by atoms with Crippen molar-refractivity contribution in [2.45, 2.75) is 70.9 Å². The fourth-order valence-electron chi connectivity index (χ4n) is 4.42. The lowest BCUT2D eigenvalue weighted by molar-refractivity contribution is -0.144. The number of carbonyl (C=O) groups is 3. The van der Waals surface area contributed by atoms with E-state index in [-0.39, 0.29) is 41.6 Å². The van der Waals surface area contributed by atoms with E-state index in [9.17, 15) is 14.4 Å². The lowest BCUT2D eigenvalue weighted by Crippen LogP contribution is -2.51. The molecule has 1 N–H and O–H groups in total. The number of likely N-dealkylation sites (N-methyl/N-ethyl adjacent to an activating group) is 1. The Kier molecular flexibility index (Phi) is 10.3. The highest BCUT2D eigenvalue weighted by molar-refractivity contribution is 6.49. The number of ketones is 1. The molecule has 198 valence electrons. The first kappa shape index (κ1) is 28.5. The maximum absolute atomic E-state index is 13.7. The monoisotopic (exact) mass is 508 g/mol. The topological polar surface area (TPSA) is 111 Å². The predicted octanol–water partition coefficient (Wildman–Crippen LogP) is 2.96. The summed E-state index contributed by atoms with van der Waals surface area (Å²) in [5, 5.41) is 2.85. The van der Waals surface area contributed by atoms with E-state index in [0.717, 1.165) is 5.56 Å². The van der Waals surface area contributed by atoms with Crippen LogP contribution in [0.2, 0.25) is 5.82 Å². The molecule has 1 fully saturated rings. The van der Waals surface area contributed by atoms with Crippen molar-refractivity contribution in [2.24, 2.45) is 5.92 Å². The van der Waals surface area contributed by atoms with Gasteiger partial charge in [0.1, 0.15) is 11.7 Å². The predicted molar refractivity (Wildman–Crippen MR) is 141 cm³/mol. The first-order valence-electron chi connectivity index (χ1n) is 12.8. The number of nitrogens with one attached hydrogen (secondary N) is 1. The number of nitrogens with zero attached hydrogens (tertiary/aromatic N) is 3. The molecule has 3 rings (SSSR count). The van der Waals surface area contributed by atoms with Crippen LogP contribution in [0.25, 0.3) is 0 Å². The van der Waals surface area contributed by atoms with Crippen LogP contribution in [0.15, 0.2) is 48.9 Å². The zero-order chi connectivity index (χ0) is 26.9. The van der Waals surface area contributed by atoms with Gasteiger partial charge in [-0.2, -0.15) is 0 Å². The molecule has 1 aromatic carbocycles. The molecule has 1 amide bonds. The van der Waals surface area contributed by atoms with Gasteiger partial charge in [0.05, 0.1) is 12.2 Å². The van der Waals surface area contributed by atoms with Gasteiger partial charge in [0.25, 0.3) is 5.91 Å². The number of hydrogen-bond donors (Lipinski definition) is 1. The summed E-state index contributed by atoms with van der Waals surface area (Å²) < 4.78 is 11.8. The minimum atomic E-state index is -0.842. The molecule has 2 heterocycles. The highest BCUT2D eigenvalue weighted by atomic mass is 16.6.